The van der Waals surface area contributed by atoms with Crippen molar-refractivity contribution in [1.29, 1.82) is 0 Å². The average molecular weight is 299 g/mol. The summed E-state index contributed by atoms with van der Waals surface area (Å²) in [6.07, 6.45) is 0. The fraction of sp³-hybridized carbons (Fsp3) is 0.538. The summed E-state index contributed by atoms with van der Waals surface area (Å²) in [7, 11) is 0. The Kier molecular flexibility index (Phi) is 3.76. The van der Waals surface area contributed by atoms with Gasteiger partial charge in [-0.05, 0) is 47.5 Å². The van der Waals surface area contributed by atoms with Crippen molar-refractivity contribution in [2.75, 3.05) is 24.7 Å². The molecule has 0 atom stereocenters. The minimum absolute atomic E-state index is 0.0327. The van der Waals surface area contributed by atoms with Gasteiger partial charge in [0.1, 0.15) is 0 Å². The summed E-state index contributed by atoms with van der Waals surface area (Å²) >= 11 is 3.64. The molecular formula is C13H19BrN2O. The van der Waals surface area contributed by atoms with E-state index in [0.717, 1.165) is 29.8 Å². The summed E-state index contributed by atoms with van der Waals surface area (Å²) in [5, 5.41) is 0. The van der Waals surface area contributed by atoms with Gasteiger partial charge in [0.2, 0.25) is 0 Å². The lowest BCUT2D eigenvalue weighted by Gasteiger charge is -2.44. The number of anilines is 1. The molecule has 1 aliphatic heterocycles. The minimum atomic E-state index is 0.0327. The first-order valence-electron chi connectivity index (χ1n) is 5.88. The second-order valence-electron chi connectivity index (χ2n) is 5.01. The highest BCUT2D eigenvalue weighted by Gasteiger charge is 2.31. The van der Waals surface area contributed by atoms with E-state index in [1.807, 2.05) is 0 Å². The lowest BCUT2D eigenvalue weighted by molar-refractivity contribution is 0.0643. The maximum Gasteiger partial charge on any atom is 0.0694 e. The molecule has 1 aromatic rings. The van der Waals surface area contributed by atoms with Crippen LogP contribution in [0, 0.1) is 0 Å². The van der Waals surface area contributed by atoms with E-state index in [1.54, 1.807) is 0 Å². The van der Waals surface area contributed by atoms with E-state index >= 15 is 0 Å². The molecule has 1 aromatic carbocycles. The Labute approximate surface area is 111 Å². The molecular weight excluding hydrogens is 280 g/mol. The molecule has 0 amide bonds. The second-order valence-corrected chi connectivity index (χ2v) is 5.86. The average Bonchev–Trinajstić information content (AvgIpc) is 2.29. The summed E-state index contributed by atoms with van der Waals surface area (Å²) in [6, 6.07) is 6.33. The molecule has 4 heteroatoms. The van der Waals surface area contributed by atoms with Crippen LogP contribution in [-0.2, 0) is 11.3 Å². The highest BCUT2D eigenvalue weighted by molar-refractivity contribution is 9.10. The predicted octanol–water partition coefficient (Wildman–Crippen LogP) is 2.52. The summed E-state index contributed by atoms with van der Waals surface area (Å²) < 4.78 is 6.65. The fourth-order valence-corrected chi connectivity index (χ4v) is 2.84. The van der Waals surface area contributed by atoms with Crippen molar-refractivity contribution >= 4 is 21.6 Å². The van der Waals surface area contributed by atoms with Crippen LogP contribution in [0.2, 0.25) is 0 Å². The van der Waals surface area contributed by atoms with Gasteiger partial charge in [0, 0.05) is 17.6 Å². The molecule has 1 saturated heterocycles. The monoisotopic (exact) mass is 298 g/mol. The van der Waals surface area contributed by atoms with Gasteiger partial charge >= 0.3 is 0 Å². The van der Waals surface area contributed by atoms with Gasteiger partial charge in [-0.3, -0.25) is 0 Å². The standard InChI is InChI=1S/C13H19BrN2O/c1-13(2)9-17-6-5-16(13)12-4-3-10(8-15)7-11(12)14/h3-4,7H,5-6,8-9,15H2,1-2H3. The molecule has 0 aliphatic carbocycles. The van der Waals surface area contributed by atoms with Crippen LogP contribution < -0.4 is 10.6 Å². The molecule has 94 valence electrons. The highest BCUT2D eigenvalue weighted by Crippen LogP contribution is 2.33. The van der Waals surface area contributed by atoms with Crippen molar-refractivity contribution in [2.24, 2.45) is 5.73 Å². The molecule has 1 heterocycles. The topological polar surface area (TPSA) is 38.5 Å². The van der Waals surface area contributed by atoms with Crippen LogP contribution in [-0.4, -0.2) is 25.3 Å². The molecule has 0 radical (unpaired) electrons. The van der Waals surface area contributed by atoms with E-state index in [-0.39, 0.29) is 5.54 Å². The van der Waals surface area contributed by atoms with Gasteiger partial charge in [-0.25, -0.2) is 0 Å². The zero-order valence-electron chi connectivity index (χ0n) is 10.4. The number of nitrogens with zero attached hydrogens (tertiary/aromatic N) is 1. The smallest absolute Gasteiger partial charge is 0.0694 e. The van der Waals surface area contributed by atoms with E-state index in [9.17, 15) is 0 Å². The fourth-order valence-electron chi connectivity index (χ4n) is 2.20. The molecule has 0 bridgehead atoms. The van der Waals surface area contributed by atoms with Crippen LogP contribution in [0.1, 0.15) is 19.4 Å². The number of ether oxygens (including phenoxy) is 1. The zero-order chi connectivity index (χ0) is 12.5. The first-order valence-corrected chi connectivity index (χ1v) is 6.68. The molecule has 1 fully saturated rings. The number of nitrogens with two attached hydrogens (primary N) is 1. The van der Waals surface area contributed by atoms with Gasteiger partial charge in [0.05, 0.1) is 24.4 Å². The number of morpholine rings is 1. The van der Waals surface area contributed by atoms with Gasteiger partial charge in [-0.1, -0.05) is 6.07 Å². The van der Waals surface area contributed by atoms with E-state index in [4.69, 9.17) is 10.5 Å². The maximum atomic E-state index is 5.65. The van der Waals surface area contributed by atoms with Crippen molar-refractivity contribution in [3.8, 4) is 0 Å². The molecule has 0 aromatic heterocycles. The second kappa shape index (κ2) is 4.96. The summed E-state index contributed by atoms with van der Waals surface area (Å²) in [5.41, 5.74) is 8.04. The summed E-state index contributed by atoms with van der Waals surface area (Å²) in [4.78, 5) is 2.39. The Morgan fingerprint density at radius 2 is 2.24 bits per heavy atom. The zero-order valence-corrected chi connectivity index (χ0v) is 12.0. The van der Waals surface area contributed by atoms with E-state index < -0.39 is 0 Å². The van der Waals surface area contributed by atoms with Crippen LogP contribution in [0.3, 0.4) is 0 Å². The van der Waals surface area contributed by atoms with Crippen LogP contribution in [0.15, 0.2) is 22.7 Å². The Hall–Kier alpha value is -0.580. The SMILES string of the molecule is CC1(C)COCCN1c1ccc(CN)cc1Br. The third-order valence-electron chi connectivity index (χ3n) is 3.18. The normalized spacial score (nSPS) is 19.4. The molecule has 2 N–H and O–H groups in total. The maximum absolute atomic E-state index is 5.65. The Balaban J connectivity index is 2.32. The molecule has 2 rings (SSSR count). The molecule has 17 heavy (non-hydrogen) atoms. The predicted molar refractivity (Wildman–Crippen MR) is 74.3 cm³/mol. The molecule has 1 aliphatic rings. The molecule has 0 saturated carbocycles. The van der Waals surface area contributed by atoms with Gasteiger partial charge in [-0.2, -0.15) is 0 Å². The lowest BCUT2D eigenvalue weighted by Crippen LogP contribution is -2.53. The van der Waals surface area contributed by atoms with E-state index in [0.29, 0.717) is 6.54 Å². The Bertz CT molecular complexity index is 406. The van der Waals surface area contributed by atoms with Crippen molar-refractivity contribution in [2.45, 2.75) is 25.9 Å². The van der Waals surface area contributed by atoms with Crippen molar-refractivity contribution < 1.29 is 4.74 Å². The largest absolute Gasteiger partial charge is 0.377 e. The van der Waals surface area contributed by atoms with Crippen molar-refractivity contribution in [1.82, 2.24) is 0 Å². The molecule has 0 unspecified atom stereocenters. The summed E-state index contributed by atoms with van der Waals surface area (Å²) in [6.45, 7) is 7.45. The Morgan fingerprint density at radius 1 is 1.47 bits per heavy atom. The molecule has 3 nitrogen and oxygen atoms in total. The number of benzene rings is 1. The number of rotatable bonds is 2. The van der Waals surface area contributed by atoms with Gasteiger partial charge in [-0.15, -0.1) is 0 Å². The quantitative estimate of drug-likeness (QED) is 0.912. The van der Waals surface area contributed by atoms with E-state index in [1.165, 1.54) is 5.69 Å². The van der Waals surface area contributed by atoms with Crippen molar-refractivity contribution in [3.63, 3.8) is 0 Å². The third kappa shape index (κ3) is 2.64. The van der Waals surface area contributed by atoms with E-state index in [2.05, 4.69) is 52.9 Å². The van der Waals surface area contributed by atoms with Crippen molar-refractivity contribution in [3.05, 3.63) is 28.2 Å². The van der Waals surface area contributed by atoms with Gasteiger partial charge in [0.25, 0.3) is 0 Å². The Morgan fingerprint density at radius 3 is 2.82 bits per heavy atom. The van der Waals surface area contributed by atoms with Gasteiger partial charge < -0.3 is 15.4 Å². The van der Waals surface area contributed by atoms with Crippen LogP contribution in [0.4, 0.5) is 5.69 Å². The molecule has 0 spiro atoms. The number of hydrogen-bond acceptors (Lipinski definition) is 3. The first-order chi connectivity index (χ1) is 8.04. The summed E-state index contributed by atoms with van der Waals surface area (Å²) in [5.74, 6) is 0. The number of hydrogen-bond donors (Lipinski definition) is 1. The lowest BCUT2D eigenvalue weighted by atomic mass is 10.0. The highest BCUT2D eigenvalue weighted by atomic mass is 79.9. The van der Waals surface area contributed by atoms with Gasteiger partial charge in [0.15, 0.2) is 0 Å². The third-order valence-corrected chi connectivity index (χ3v) is 3.82. The van der Waals surface area contributed by atoms with Crippen LogP contribution in [0.5, 0.6) is 0 Å². The number of halogens is 1. The minimum Gasteiger partial charge on any atom is -0.377 e. The van der Waals surface area contributed by atoms with Crippen LogP contribution >= 0.6 is 15.9 Å². The van der Waals surface area contributed by atoms with Crippen LogP contribution in [0.25, 0.3) is 0 Å². The first kappa shape index (κ1) is 12.9.